The van der Waals surface area contributed by atoms with E-state index in [0.717, 1.165) is 54.1 Å². The molecule has 166 valence electrons. The van der Waals surface area contributed by atoms with Gasteiger partial charge in [0.1, 0.15) is 5.82 Å². The van der Waals surface area contributed by atoms with Gasteiger partial charge < -0.3 is 20.9 Å². The minimum Gasteiger partial charge on any atom is -0.352 e. The number of aliphatic imine (C=N–C) groups is 1. The molecule has 3 rings (SSSR count). The largest absolute Gasteiger partial charge is 0.352 e. The number of hydrogen-bond donors (Lipinski definition) is 3. The smallest absolute Gasteiger partial charge is 0.321 e. The van der Waals surface area contributed by atoms with Crippen LogP contribution in [0.1, 0.15) is 29.5 Å². The lowest BCUT2D eigenvalue weighted by molar-refractivity contribution is 0.222. The number of halogens is 1. The summed E-state index contributed by atoms with van der Waals surface area (Å²) in [6.07, 6.45) is 4.14. The van der Waals surface area contributed by atoms with Crippen molar-refractivity contribution >= 4 is 29.4 Å². The van der Waals surface area contributed by atoms with Crippen molar-refractivity contribution in [3.05, 3.63) is 65.0 Å². The Balaban J connectivity index is 1.53. The third-order valence-corrected chi connectivity index (χ3v) is 5.77. The molecule has 2 aromatic carbocycles. The number of anilines is 1. The highest BCUT2D eigenvalue weighted by Crippen LogP contribution is 2.17. The molecular weight excluding hydrogens is 413 g/mol. The minimum atomic E-state index is -0.216. The first-order valence-electron chi connectivity index (χ1n) is 10.4. The molecule has 0 saturated carbocycles. The van der Waals surface area contributed by atoms with Gasteiger partial charge in [-0.2, -0.15) is 11.8 Å². The Morgan fingerprint density at radius 1 is 1.10 bits per heavy atom. The molecule has 6 nitrogen and oxygen atoms in total. The Morgan fingerprint density at radius 2 is 1.87 bits per heavy atom. The zero-order valence-corrected chi connectivity index (χ0v) is 18.9. The van der Waals surface area contributed by atoms with Crippen molar-refractivity contribution in [3.8, 4) is 0 Å². The second kappa shape index (κ2) is 11.6. The monoisotopic (exact) mass is 443 g/mol. The first-order chi connectivity index (χ1) is 15.1. The summed E-state index contributed by atoms with van der Waals surface area (Å²) in [7, 11) is 1.72. The number of rotatable bonds is 7. The summed E-state index contributed by atoms with van der Waals surface area (Å²) < 4.78 is 13.5. The molecule has 0 spiro atoms. The van der Waals surface area contributed by atoms with Crippen LogP contribution in [-0.2, 0) is 18.8 Å². The molecule has 31 heavy (non-hydrogen) atoms. The van der Waals surface area contributed by atoms with Crippen molar-refractivity contribution < 1.29 is 9.18 Å². The summed E-state index contributed by atoms with van der Waals surface area (Å²) in [4.78, 5) is 18.4. The molecule has 3 N–H and O–H groups in total. The fourth-order valence-electron chi connectivity index (χ4n) is 3.52. The molecule has 1 fully saturated rings. The van der Waals surface area contributed by atoms with E-state index in [1.54, 1.807) is 24.9 Å². The van der Waals surface area contributed by atoms with E-state index in [-0.39, 0.29) is 11.8 Å². The average Bonchev–Trinajstić information content (AvgIpc) is 3.31. The number of nitrogens with zero attached hydrogens (tertiary/aromatic N) is 2. The number of likely N-dealkylation sites (tertiary alicyclic amines) is 1. The van der Waals surface area contributed by atoms with E-state index < -0.39 is 0 Å². The van der Waals surface area contributed by atoms with E-state index in [1.165, 1.54) is 6.07 Å². The van der Waals surface area contributed by atoms with Gasteiger partial charge in [-0.25, -0.2) is 9.18 Å². The first kappa shape index (κ1) is 22.9. The molecule has 0 aliphatic carbocycles. The van der Waals surface area contributed by atoms with Gasteiger partial charge in [0.25, 0.3) is 0 Å². The molecule has 2 amide bonds. The van der Waals surface area contributed by atoms with Crippen LogP contribution in [0.3, 0.4) is 0 Å². The van der Waals surface area contributed by atoms with Crippen LogP contribution in [0, 0.1) is 5.82 Å². The quantitative estimate of drug-likeness (QED) is 0.444. The predicted octanol–water partition coefficient (Wildman–Crippen LogP) is 4.18. The zero-order chi connectivity index (χ0) is 22.1. The van der Waals surface area contributed by atoms with E-state index in [9.17, 15) is 9.18 Å². The van der Waals surface area contributed by atoms with Crippen molar-refractivity contribution in [3.63, 3.8) is 0 Å². The SMILES string of the molecule is CN=C(NCc1cccc(NC(=O)N2CCCC2)c1)NCc1ccc(F)cc1CSC. The summed E-state index contributed by atoms with van der Waals surface area (Å²) in [5.74, 6) is 1.20. The Labute approximate surface area is 187 Å². The van der Waals surface area contributed by atoms with Crippen LogP contribution in [-0.4, -0.2) is 43.3 Å². The average molecular weight is 444 g/mol. The van der Waals surface area contributed by atoms with Crippen LogP contribution in [0.5, 0.6) is 0 Å². The van der Waals surface area contributed by atoms with Gasteiger partial charge in [-0.15, -0.1) is 0 Å². The maximum atomic E-state index is 13.5. The van der Waals surface area contributed by atoms with E-state index in [0.29, 0.717) is 19.0 Å². The highest BCUT2D eigenvalue weighted by molar-refractivity contribution is 7.97. The van der Waals surface area contributed by atoms with Crippen LogP contribution < -0.4 is 16.0 Å². The number of carbonyl (C=O) groups excluding carboxylic acids is 1. The molecule has 0 aromatic heterocycles. The van der Waals surface area contributed by atoms with Gasteiger partial charge >= 0.3 is 6.03 Å². The lowest BCUT2D eigenvalue weighted by atomic mass is 10.1. The van der Waals surface area contributed by atoms with Crippen molar-refractivity contribution in [1.82, 2.24) is 15.5 Å². The molecule has 0 atom stereocenters. The Kier molecular flexibility index (Phi) is 8.58. The van der Waals surface area contributed by atoms with Crippen molar-refractivity contribution in [2.24, 2.45) is 4.99 Å². The van der Waals surface area contributed by atoms with E-state index >= 15 is 0 Å². The molecule has 8 heteroatoms. The van der Waals surface area contributed by atoms with Crippen LogP contribution in [0.25, 0.3) is 0 Å². The van der Waals surface area contributed by atoms with E-state index in [4.69, 9.17) is 0 Å². The molecule has 1 saturated heterocycles. The number of nitrogens with one attached hydrogen (secondary N) is 3. The van der Waals surface area contributed by atoms with Gasteiger partial charge in [-0.1, -0.05) is 18.2 Å². The number of benzene rings is 2. The third-order valence-electron chi connectivity index (χ3n) is 5.17. The second-order valence-electron chi connectivity index (χ2n) is 7.45. The lowest BCUT2D eigenvalue weighted by Crippen LogP contribution is -2.36. The van der Waals surface area contributed by atoms with Gasteiger partial charge in [-0.05, 0) is 60.1 Å². The molecule has 1 heterocycles. The predicted molar refractivity (Wildman–Crippen MR) is 127 cm³/mol. The van der Waals surface area contributed by atoms with Crippen LogP contribution in [0.2, 0.25) is 0 Å². The number of hydrogen-bond acceptors (Lipinski definition) is 3. The van der Waals surface area contributed by atoms with Crippen LogP contribution in [0.15, 0.2) is 47.5 Å². The van der Waals surface area contributed by atoms with E-state index in [1.807, 2.05) is 41.5 Å². The van der Waals surface area contributed by atoms with E-state index in [2.05, 4.69) is 20.9 Å². The van der Waals surface area contributed by atoms with Crippen molar-refractivity contribution in [1.29, 1.82) is 0 Å². The Hall–Kier alpha value is -2.74. The number of carbonyl (C=O) groups is 1. The fourth-order valence-corrected chi connectivity index (χ4v) is 4.10. The van der Waals surface area contributed by atoms with Crippen molar-refractivity contribution in [2.75, 3.05) is 31.7 Å². The maximum absolute atomic E-state index is 13.5. The molecule has 0 radical (unpaired) electrons. The number of amides is 2. The molecule has 2 aromatic rings. The Morgan fingerprint density at radius 3 is 2.61 bits per heavy atom. The lowest BCUT2D eigenvalue weighted by Gasteiger charge is -2.17. The first-order valence-corrected chi connectivity index (χ1v) is 11.8. The second-order valence-corrected chi connectivity index (χ2v) is 8.32. The highest BCUT2D eigenvalue weighted by Gasteiger charge is 2.17. The highest BCUT2D eigenvalue weighted by atomic mass is 32.2. The van der Waals surface area contributed by atoms with Crippen LogP contribution >= 0.6 is 11.8 Å². The van der Waals surface area contributed by atoms with Gasteiger partial charge in [0.15, 0.2) is 5.96 Å². The summed E-state index contributed by atoms with van der Waals surface area (Å²) >= 11 is 1.67. The van der Waals surface area contributed by atoms with Crippen molar-refractivity contribution in [2.45, 2.75) is 31.7 Å². The molecular formula is C23H30FN5OS. The molecule has 1 aliphatic heterocycles. The summed E-state index contributed by atoms with van der Waals surface area (Å²) in [6.45, 7) is 2.76. The number of guanidine groups is 1. The maximum Gasteiger partial charge on any atom is 0.321 e. The summed E-state index contributed by atoms with van der Waals surface area (Å²) in [5.41, 5.74) is 3.85. The minimum absolute atomic E-state index is 0.0413. The summed E-state index contributed by atoms with van der Waals surface area (Å²) in [6, 6.07) is 12.6. The fraction of sp³-hybridized carbons (Fsp3) is 0.391. The Bertz CT molecular complexity index is 915. The number of urea groups is 1. The molecule has 0 unspecified atom stereocenters. The third kappa shape index (κ3) is 6.89. The van der Waals surface area contributed by atoms with Gasteiger partial charge in [0.2, 0.25) is 0 Å². The molecule has 1 aliphatic rings. The van der Waals surface area contributed by atoms with Crippen LogP contribution in [0.4, 0.5) is 14.9 Å². The van der Waals surface area contributed by atoms with Gasteiger partial charge in [-0.3, -0.25) is 4.99 Å². The zero-order valence-electron chi connectivity index (χ0n) is 18.1. The topological polar surface area (TPSA) is 68.8 Å². The van der Waals surface area contributed by atoms with Gasteiger partial charge in [0, 0.05) is 44.7 Å². The number of thioether (sulfide) groups is 1. The van der Waals surface area contributed by atoms with Gasteiger partial charge in [0.05, 0.1) is 0 Å². The normalized spacial score (nSPS) is 13.9. The summed E-state index contributed by atoms with van der Waals surface area (Å²) in [5, 5.41) is 9.56. The molecule has 0 bridgehead atoms. The standard InChI is InChI=1S/C23H30FN5OS/c1-25-22(27-15-18-8-9-20(24)13-19(18)16-31-2)26-14-17-6-5-7-21(12-17)28-23(30)29-10-3-4-11-29/h5-9,12-13H,3-4,10-11,14-16H2,1-2H3,(H,28,30)(H2,25,26,27).